The van der Waals surface area contributed by atoms with E-state index in [9.17, 15) is 4.79 Å². The summed E-state index contributed by atoms with van der Waals surface area (Å²) in [5, 5.41) is 11.9. The summed E-state index contributed by atoms with van der Waals surface area (Å²) in [7, 11) is 0. The van der Waals surface area contributed by atoms with Crippen molar-refractivity contribution in [2.24, 2.45) is 5.92 Å². The highest BCUT2D eigenvalue weighted by Crippen LogP contribution is 2.23. The monoisotopic (exact) mass is 238 g/mol. The van der Waals surface area contributed by atoms with Gasteiger partial charge in [0.2, 0.25) is 0 Å². The van der Waals surface area contributed by atoms with Gasteiger partial charge in [-0.2, -0.15) is 5.26 Å². The molecule has 1 fully saturated rings. The summed E-state index contributed by atoms with van der Waals surface area (Å²) in [6.45, 7) is 5.50. The van der Waals surface area contributed by atoms with Crippen molar-refractivity contribution in [1.82, 2.24) is 5.32 Å². The molecule has 1 rings (SSSR count). The quantitative estimate of drug-likeness (QED) is 0.714. The third kappa shape index (κ3) is 5.08. The van der Waals surface area contributed by atoms with Crippen LogP contribution in [0.4, 0.5) is 4.79 Å². The summed E-state index contributed by atoms with van der Waals surface area (Å²) >= 11 is 0. The number of hydrogen-bond acceptors (Lipinski definition) is 3. The van der Waals surface area contributed by atoms with Crippen molar-refractivity contribution in [2.75, 3.05) is 0 Å². The number of nitrogens with zero attached hydrogens (tertiary/aromatic N) is 1. The van der Waals surface area contributed by atoms with Gasteiger partial charge >= 0.3 is 6.09 Å². The van der Waals surface area contributed by atoms with Crippen molar-refractivity contribution in [1.29, 1.82) is 5.26 Å². The van der Waals surface area contributed by atoms with Gasteiger partial charge in [0.15, 0.2) is 0 Å². The van der Waals surface area contributed by atoms with E-state index in [2.05, 4.69) is 11.4 Å². The van der Waals surface area contributed by atoms with Crippen LogP contribution in [0.2, 0.25) is 0 Å². The van der Waals surface area contributed by atoms with E-state index >= 15 is 0 Å². The van der Waals surface area contributed by atoms with Crippen molar-refractivity contribution in [2.45, 2.75) is 64.5 Å². The molecule has 0 spiro atoms. The normalized spacial score (nSPS) is 25.5. The van der Waals surface area contributed by atoms with Gasteiger partial charge in [0.25, 0.3) is 0 Å². The van der Waals surface area contributed by atoms with E-state index < -0.39 is 11.7 Å². The molecule has 0 aromatic rings. The predicted molar refractivity (Wildman–Crippen MR) is 65.3 cm³/mol. The minimum Gasteiger partial charge on any atom is -0.444 e. The van der Waals surface area contributed by atoms with E-state index in [0.717, 1.165) is 32.1 Å². The average molecular weight is 238 g/mol. The maximum atomic E-state index is 11.7. The van der Waals surface area contributed by atoms with E-state index in [4.69, 9.17) is 10.00 Å². The molecular weight excluding hydrogens is 216 g/mol. The van der Waals surface area contributed by atoms with Crippen molar-refractivity contribution >= 4 is 6.09 Å². The first kappa shape index (κ1) is 13.8. The SMILES string of the molecule is CC(C)(C)OC(=O)N[C@@H]1CCCCC[C@H]1C#N. The van der Waals surface area contributed by atoms with Crippen LogP contribution < -0.4 is 5.32 Å². The molecule has 0 bridgehead atoms. The zero-order valence-electron chi connectivity index (χ0n) is 11.0. The minimum absolute atomic E-state index is 0.0580. The van der Waals surface area contributed by atoms with Gasteiger partial charge in [0, 0.05) is 6.04 Å². The topological polar surface area (TPSA) is 62.1 Å². The second kappa shape index (κ2) is 5.90. The van der Waals surface area contributed by atoms with Crippen LogP contribution >= 0.6 is 0 Å². The lowest BCUT2D eigenvalue weighted by Crippen LogP contribution is -2.42. The van der Waals surface area contributed by atoms with Gasteiger partial charge < -0.3 is 10.1 Å². The molecule has 1 N–H and O–H groups in total. The minimum atomic E-state index is -0.489. The first-order valence-corrected chi connectivity index (χ1v) is 6.31. The number of carbonyl (C=O) groups is 1. The molecule has 0 aliphatic heterocycles. The zero-order valence-corrected chi connectivity index (χ0v) is 11.0. The Morgan fingerprint density at radius 1 is 1.29 bits per heavy atom. The fourth-order valence-electron chi connectivity index (χ4n) is 2.09. The van der Waals surface area contributed by atoms with Crippen molar-refractivity contribution in [3.05, 3.63) is 0 Å². The van der Waals surface area contributed by atoms with Crippen LogP contribution in [-0.4, -0.2) is 17.7 Å². The molecule has 1 aliphatic rings. The Hall–Kier alpha value is -1.24. The summed E-state index contributed by atoms with van der Waals surface area (Å²) in [6.07, 6.45) is 4.62. The van der Waals surface area contributed by atoms with Gasteiger partial charge in [0.1, 0.15) is 5.60 Å². The third-order valence-electron chi connectivity index (χ3n) is 2.88. The Morgan fingerprint density at radius 2 is 1.94 bits per heavy atom. The van der Waals surface area contributed by atoms with Crippen molar-refractivity contribution in [3.63, 3.8) is 0 Å². The van der Waals surface area contributed by atoms with Crippen LogP contribution in [0.1, 0.15) is 52.9 Å². The van der Waals surface area contributed by atoms with E-state index in [1.165, 1.54) is 0 Å². The molecule has 1 aliphatic carbocycles. The van der Waals surface area contributed by atoms with Crippen LogP contribution in [0.15, 0.2) is 0 Å². The van der Waals surface area contributed by atoms with E-state index in [0.29, 0.717) is 0 Å². The Kier molecular flexibility index (Phi) is 4.80. The van der Waals surface area contributed by atoms with E-state index in [1.807, 2.05) is 20.8 Å². The smallest absolute Gasteiger partial charge is 0.407 e. The molecule has 0 heterocycles. The van der Waals surface area contributed by atoms with Crippen LogP contribution in [0.3, 0.4) is 0 Å². The maximum absolute atomic E-state index is 11.7. The highest BCUT2D eigenvalue weighted by Gasteiger charge is 2.26. The fraction of sp³-hybridized carbons (Fsp3) is 0.846. The number of amides is 1. The Bertz CT molecular complexity index is 302. The summed E-state index contributed by atoms with van der Waals surface area (Å²) in [5.41, 5.74) is -0.489. The number of alkyl carbamates (subject to hydrolysis) is 1. The van der Waals surface area contributed by atoms with Crippen molar-refractivity contribution < 1.29 is 9.53 Å². The molecule has 17 heavy (non-hydrogen) atoms. The lowest BCUT2D eigenvalue weighted by Gasteiger charge is -2.24. The molecule has 0 unspecified atom stereocenters. The Morgan fingerprint density at radius 3 is 2.53 bits per heavy atom. The standard InChI is InChI=1S/C13H22N2O2/c1-13(2,3)17-12(16)15-11-8-6-4-5-7-10(11)9-14/h10-11H,4-8H2,1-3H3,(H,15,16)/t10-,11+/m0/s1. The number of carbonyl (C=O) groups excluding carboxylic acids is 1. The Balaban J connectivity index is 2.53. The van der Waals surface area contributed by atoms with Crippen LogP contribution in [-0.2, 0) is 4.74 Å². The molecule has 96 valence electrons. The molecule has 1 saturated carbocycles. The molecule has 0 aromatic heterocycles. The highest BCUT2D eigenvalue weighted by molar-refractivity contribution is 5.68. The first-order chi connectivity index (χ1) is 7.92. The average Bonchev–Trinajstić information content (AvgIpc) is 2.39. The second-order valence-electron chi connectivity index (χ2n) is 5.63. The predicted octanol–water partition coefficient (Wildman–Crippen LogP) is 2.98. The van der Waals surface area contributed by atoms with Crippen LogP contribution in [0, 0.1) is 17.2 Å². The van der Waals surface area contributed by atoms with Gasteiger partial charge in [-0.1, -0.05) is 19.3 Å². The third-order valence-corrected chi connectivity index (χ3v) is 2.88. The first-order valence-electron chi connectivity index (χ1n) is 6.31. The second-order valence-corrected chi connectivity index (χ2v) is 5.63. The summed E-state index contributed by atoms with van der Waals surface area (Å²) < 4.78 is 5.21. The van der Waals surface area contributed by atoms with Gasteiger partial charge in [0.05, 0.1) is 12.0 Å². The molecule has 0 aromatic carbocycles. The number of rotatable bonds is 1. The van der Waals surface area contributed by atoms with E-state index in [1.54, 1.807) is 0 Å². The van der Waals surface area contributed by atoms with E-state index in [-0.39, 0.29) is 12.0 Å². The van der Waals surface area contributed by atoms with Gasteiger partial charge in [-0.05, 0) is 33.6 Å². The van der Waals surface area contributed by atoms with Gasteiger partial charge in [-0.25, -0.2) is 4.79 Å². The van der Waals surface area contributed by atoms with Crippen LogP contribution in [0.5, 0.6) is 0 Å². The lowest BCUT2D eigenvalue weighted by atomic mass is 9.96. The molecule has 0 saturated heterocycles. The molecule has 2 atom stereocenters. The van der Waals surface area contributed by atoms with Crippen LogP contribution in [0.25, 0.3) is 0 Å². The van der Waals surface area contributed by atoms with Gasteiger partial charge in [-0.15, -0.1) is 0 Å². The number of hydrogen-bond donors (Lipinski definition) is 1. The number of nitrogens with one attached hydrogen (secondary N) is 1. The summed E-state index contributed by atoms with van der Waals surface area (Å²) in [4.78, 5) is 11.7. The molecule has 1 amide bonds. The number of ether oxygens (including phenoxy) is 1. The number of nitriles is 1. The van der Waals surface area contributed by atoms with Crippen molar-refractivity contribution in [3.8, 4) is 6.07 Å². The Labute approximate surface area is 103 Å². The highest BCUT2D eigenvalue weighted by atomic mass is 16.6. The lowest BCUT2D eigenvalue weighted by molar-refractivity contribution is 0.0491. The molecule has 0 radical (unpaired) electrons. The fourth-order valence-corrected chi connectivity index (χ4v) is 2.09. The molecule has 4 heteroatoms. The molecule has 4 nitrogen and oxygen atoms in total. The summed E-state index contributed by atoms with van der Waals surface area (Å²) in [6, 6.07) is 2.23. The zero-order chi connectivity index (χ0) is 12.9. The maximum Gasteiger partial charge on any atom is 0.407 e. The van der Waals surface area contributed by atoms with Gasteiger partial charge in [-0.3, -0.25) is 0 Å². The largest absolute Gasteiger partial charge is 0.444 e. The summed E-state index contributed by atoms with van der Waals surface area (Å²) in [5.74, 6) is -0.0787. The molecular formula is C13H22N2O2.